The van der Waals surface area contributed by atoms with Gasteiger partial charge < -0.3 is 5.73 Å². The van der Waals surface area contributed by atoms with Crippen LogP contribution in [-0.2, 0) is 6.42 Å². The van der Waals surface area contributed by atoms with E-state index in [2.05, 4.69) is 25.1 Å². The molecule has 0 saturated carbocycles. The van der Waals surface area contributed by atoms with Crippen LogP contribution in [0.1, 0.15) is 18.1 Å². The maximum Gasteiger partial charge on any atom is 0.0992 e. The Hall–Kier alpha value is -2.27. The summed E-state index contributed by atoms with van der Waals surface area (Å²) in [6.45, 7) is 2.12. The molecule has 17 heavy (non-hydrogen) atoms. The molecule has 0 spiro atoms. The second kappa shape index (κ2) is 4.71. The van der Waals surface area contributed by atoms with Crippen molar-refractivity contribution in [2.75, 3.05) is 5.73 Å². The van der Waals surface area contributed by atoms with E-state index in [4.69, 9.17) is 11.0 Å². The van der Waals surface area contributed by atoms with Crippen LogP contribution in [0.25, 0.3) is 11.1 Å². The molecular formula is C15H14N2. The lowest BCUT2D eigenvalue weighted by Gasteiger charge is -2.06. The van der Waals surface area contributed by atoms with E-state index in [0.717, 1.165) is 17.5 Å². The van der Waals surface area contributed by atoms with Gasteiger partial charge in [-0.2, -0.15) is 5.26 Å². The molecule has 84 valence electrons. The fourth-order valence-electron chi connectivity index (χ4n) is 1.85. The minimum atomic E-state index is 0.599. The van der Waals surface area contributed by atoms with Gasteiger partial charge in [-0.1, -0.05) is 31.2 Å². The van der Waals surface area contributed by atoms with Crippen LogP contribution in [0.15, 0.2) is 42.5 Å². The van der Waals surface area contributed by atoms with E-state index < -0.39 is 0 Å². The van der Waals surface area contributed by atoms with E-state index in [-0.39, 0.29) is 0 Å². The van der Waals surface area contributed by atoms with Crippen LogP contribution < -0.4 is 5.73 Å². The fourth-order valence-corrected chi connectivity index (χ4v) is 1.85. The summed E-state index contributed by atoms with van der Waals surface area (Å²) in [6.07, 6.45) is 1.00. The van der Waals surface area contributed by atoms with Crippen LogP contribution in [0.2, 0.25) is 0 Å². The first-order valence-corrected chi connectivity index (χ1v) is 5.63. The number of nitriles is 1. The molecule has 0 unspecified atom stereocenters. The molecule has 0 bridgehead atoms. The van der Waals surface area contributed by atoms with Gasteiger partial charge in [0.05, 0.1) is 11.6 Å². The van der Waals surface area contributed by atoms with Gasteiger partial charge in [-0.25, -0.2) is 0 Å². The lowest BCUT2D eigenvalue weighted by atomic mass is 10.00. The predicted octanol–water partition coefficient (Wildman–Crippen LogP) is 3.37. The molecule has 0 amide bonds. The summed E-state index contributed by atoms with van der Waals surface area (Å²) in [5, 5.41) is 8.93. The van der Waals surface area contributed by atoms with Gasteiger partial charge in [-0.15, -0.1) is 0 Å². The molecule has 2 nitrogen and oxygen atoms in total. The summed E-state index contributed by atoms with van der Waals surface area (Å²) in [4.78, 5) is 0. The molecule has 0 aliphatic heterocycles. The van der Waals surface area contributed by atoms with Crippen molar-refractivity contribution >= 4 is 5.69 Å². The smallest absolute Gasteiger partial charge is 0.0992 e. The molecule has 0 atom stereocenters. The van der Waals surface area contributed by atoms with Gasteiger partial charge in [0.2, 0.25) is 0 Å². The van der Waals surface area contributed by atoms with Crippen LogP contribution in [0.5, 0.6) is 0 Å². The van der Waals surface area contributed by atoms with Crippen molar-refractivity contribution in [2.45, 2.75) is 13.3 Å². The number of aryl methyl sites for hydroxylation is 1. The van der Waals surface area contributed by atoms with Crippen LogP contribution >= 0.6 is 0 Å². The van der Waals surface area contributed by atoms with Crippen molar-refractivity contribution in [1.82, 2.24) is 0 Å². The number of nitrogens with two attached hydrogens (primary N) is 1. The third-order valence-electron chi connectivity index (χ3n) is 2.75. The molecular weight excluding hydrogens is 208 g/mol. The Bertz CT molecular complexity index is 580. The predicted molar refractivity (Wildman–Crippen MR) is 70.4 cm³/mol. The SMILES string of the molecule is CCc1cccc(-c2cc(N)cc(C#N)c2)c1. The Labute approximate surface area is 101 Å². The molecule has 0 aromatic heterocycles. The molecule has 2 N–H and O–H groups in total. The summed E-state index contributed by atoms with van der Waals surface area (Å²) in [5.74, 6) is 0. The van der Waals surface area contributed by atoms with Gasteiger partial charge in [0.25, 0.3) is 0 Å². The first kappa shape index (κ1) is 11.2. The Balaban J connectivity index is 2.52. The Morgan fingerprint density at radius 3 is 2.65 bits per heavy atom. The number of anilines is 1. The molecule has 2 rings (SSSR count). The van der Waals surface area contributed by atoms with E-state index in [1.54, 1.807) is 6.07 Å². The topological polar surface area (TPSA) is 49.8 Å². The summed E-state index contributed by atoms with van der Waals surface area (Å²) >= 11 is 0. The normalized spacial score (nSPS) is 9.88. The van der Waals surface area contributed by atoms with E-state index in [1.807, 2.05) is 24.3 Å². The van der Waals surface area contributed by atoms with E-state index in [1.165, 1.54) is 5.56 Å². The minimum Gasteiger partial charge on any atom is -0.399 e. The van der Waals surface area contributed by atoms with Crippen molar-refractivity contribution in [1.29, 1.82) is 5.26 Å². The highest BCUT2D eigenvalue weighted by Crippen LogP contribution is 2.24. The number of nitrogen functional groups attached to an aromatic ring is 1. The van der Waals surface area contributed by atoms with Gasteiger partial charge >= 0.3 is 0 Å². The summed E-state index contributed by atoms with van der Waals surface area (Å²) < 4.78 is 0. The van der Waals surface area contributed by atoms with Crippen molar-refractivity contribution in [3.63, 3.8) is 0 Å². The number of benzene rings is 2. The van der Waals surface area contributed by atoms with Crippen LogP contribution in [0.3, 0.4) is 0 Å². The van der Waals surface area contributed by atoms with Gasteiger partial charge in [0.15, 0.2) is 0 Å². The van der Waals surface area contributed by atoms with Crippen molar-refractivity contribution < 1.29 is 0 Å². The zero-order valence-electron chi connectivity index (χ0n) is 9.77. The lowest BCUT2D eigenvalue weighted by molar-refractivity contribution is 1.14. The van der Waals surface area contributed by atoms with Gasteiger partial charge in [0.1, 0.15) is 0 Å². The fraction of sp³-hybridized carbons (Fsp3) is 0.133. The van der Waals surface area contributed by atoms with Crippen LogP contribution in [0.4, 0.5) is 5.69 Å². The number of rotatable bonds is 2. The average Bonchev–Trinajstić information content (AvgIpc) is 2.38. The number of nitrogens with zero attached hydrogens (tertiary/aromatic N) is 1. The summed E-state index contributed by atoms with van der Waals surface area (Å²) in [7, 11) is 0. The quantitative estimate of drug-likeness (QED) is 0.792. The Morgan fingerprint density at radius 1 is 1.12 bits per heavy atom. The minimum absolute atomic E-state index is 0.599. The second-order valence-corrected chi connectivity index (χ2v) is 4.01. The second-order valence-electron chi connectivity index (χ2n) is 4.01. The number of hydrogen-bond acceptors (Lipinski definition) is 2. The molecule has 0 saturated heterocycles. The first-order valence-electron chi connectivity index (χ1n) is 5.63. The van der Waals surface area contributed by atoms with Crippen LogP contribution in [-0.4, -0.2) is 0 Å². The van der Waals surface area contributed by atoms with Gasteiger partial charge in [0, 0.05) is 5.69 Å². The maximum absolute atomic E-state index is 8.93. The first-order chi connectivity index (χ1) is 8.22. The Kier molecular flexibility index (Phi) is 3.11. The van der Waals surface area contributed by atoms with Gasteiger partial charge in [-0.3, -0.25) is 0 Å². The molecule has 2 heteroatoms. The highest BCUT2D eigenvalue weighted by Gasteiger charge is 2.02. The molecule has 0 aliphatic rings. The van der Waals surface area contributed by atoms with Crippen molar-refractivity contribution in [3.05, 3.63) is 53.6 Å². The molecule has 0 heterocycles. The third-order valence-corrected chi connectivity index (χ3v) is 2.75. The molecule has 2 aromatic carbocycles. The average molecular weight is 222 g/mol. The standard InChI is InChI=1S/C15H14N2/c1-2-11-4-3-5-13(6-11)14-7-12(10-16)8-15(17)9-14/h3-9H,2,17H2,1H3. The van der Waals surface area contributed by atoms with Crippen molar-refractivity contribution in [2.24, 2.45) is 0 Å². The maximum atomic E-state index is 8.93. The number of hydrogen-bond donors (Lipinski definition) is 1. The molecule has 0 radical (unpaired) electrons. The van der Waals surface area contributed by atoms with E-state index in [0.29, 0.717) is 11.3 Å². The molecule has 0 aliphatic carbocycles. The van der Waals surface area contributed by atoms with E-state index >= 15 is 0 Å². The largest absolute Gasteiger partial charge is 0.399 e. The lowest BCUT2D eigenvalue weighted by Crippen LogP contribution is -1.89. The highest BCUT2D eigenvalue weighted by atomic mass is 14.5. The zero-order valence-corrected chi connectivity index (χ0v) is 9.77. The summed E-state index contributed by atoms with van der Waals surface area (Å²) in [6, 6.07) is 15.9. The van der Waals surface area contributed by atoms with Crippen molar-refractivity contribution in [3.8, 4) is 17.2 Å². The monoisotopic (exact) mass is 222 g/mol. The zero-order chi connectivity index (χ0) is 12.3. The Morgan fingerprint density at radius 2 is 1.94 bits per heavy atom. The third kappa shape index (κ3) is 2.46. The van der Waals surface area contributed by atoms with Crippen LogP contribution in [0, 0.1) is 11.3 Å². The summed E-state index contributed by atoms with van der Waals surface area (Å²) in [5.41, 5.74) is 10.4. The highest BCUT2D eigenvalue weighted by molar-refractivity contribution is 5.70. The van der Waals surface area contributed by atoms with E-state index in [9.17, 15) is 0 Å². The van der Waals surface area contributed by atoms with Gasteiger partial charge in [-0.05, 0) is 41.3 Å². The molecule has 2 aromatic rings. The molecule has 0 fully saturated rings.